The van der Waals surface area contributed by atoms with E-state index in [1.807, 2.05) is 6.07 Å². The molecular weight excluding hydrogens is 264 g/mol. The van der Waals surface area contributed by atoms with Crippen LogP contribution in [0.4, 0.5) is 0 Å². The fourth-order valence-corrected chi connectivity index (χ4v) is 2.96. The van der Waals surface area contributed by atoms with E-state index in [0.717, 1.165) is 17.9 Å². The minimum Gasteiger partial charge on any atom is -0.486 e. The molecule has 1 aliphatic rings. The topological polar surface area (TPSA) is 47.7 Å². The van der Waals surface area contributed by atoms with Gasteiger partial charge in [0.1, 0.15) is 13.2 Å². The Morgan fingerprint density at radius 1 is 1.14 bits per heavy atom. The Hall–Kier alpha value is -1.26. The van der Waals surface area contributed by atoms with Gasteiger partial charge in [0.05, 0.1) is 0 Å². The molecule has 1 aliphatic heterocycles. The van der Waals surface area contributed by atoms with Crippen LogP contribution >= 0.6 is 0 Å². The van der Waals surface area contributed by atoms with Crippen LogP contribution in [0, 0.1) is 5.92 Å². The van der Waals surface area contributed by atoms with Crippen molar-refractivity contribution in [2.75, 3.05) is 26.8 Å². The van der Waals surface area contributed by atoms with Crippen molar-refractivity contribution >= 4 is 0 Å². The van der Waals surface area contributed by atoms with Gasteiger partial charge in [-0.3, -0.25) is 4.90 Å². The zero-order valence-corrected chi connectivity index (χ0v) is 13.6. The Morgan fingerprint density at radius 3 is 2.43 bits per heavy atom. The summed E-state index contributed by atoms with van der Waals surface area (Å²) in [5.41, 5.74) is 7.23. The van der Waals surface area contributed by atoms with Gasteiger partial charge in [0.25, 0.3) is 0 Å². The van der Waals surface area contributed by atoms with Crippen LogP contribution in [0.15, 0.2) is 18.2 Å². The van der Waals surface area contributed by atoms with Gasteiger partial charge in [-0.05, 0) is 44.0 Å². The number of nitrogens with zero attached hydrogens (tertiary/aromatic N) is 1. The van der Waals surface area contributed by atoms with E-state index in [4.69, 9.17) is 15.2 Å². The molecule has 4 nitrogen and oxygen atoms in total. The highest BCUT2D eigenvalue weighted by atomic mass is 16.6. The van der Waals surface area contributed by atoms with Crippen LogP contribution in [0.3, 0.4) is 0 Å². The predicted octanol–water partition coefficient (Wildman–Crippen LogP) is 2.82. The standard InChI is InChI=1S/C17H28N2O2/c1-12(2)9-13(3)19(4)15(11-18)14-5-6-16-17(10-14)21-8-7-20-16/h5-6,10,12-13,15H,7-9,11,18H2,1-4H3. The molecule has 1 aromatic rings. The highest BCUT2D eigenvalue weighted by molar-refractivity contribution is 5.44. The molecule has 0 spiro atoms. The van der Waals surface area contributed by atoms with Crippen LogP contribution < -0.4 is 15.2 Å². The van der Waals surface area contributed by atoms with Crippen LogP contribution in [-0.2, 0) is 0 Å². The second-order valence-electron chi connectivity index (χ2n) is 6.30. The maximum Gasteiger partial charge on any atom is 0.161 e. The van der Waals surface area contributed by atoms with Gasteiger partial charge in [-0.2, -0.15) is 0 Å². The molecule has 1 aromatic carbocycles. The summed E-state index contributed by atoms with van der Waals surface area (Å²) in [6, 6.07) is 6.86. The highest BCUT2D eigenvalue weighted by Gasteiger charge is 2.23. The lowest BCUT2D eigenvalue weighted by Crippen LogP contribution is -2.37. The number of likely N-dealkylation sites (N-methyl/N-ethyl adjacent to an activating group) is 1. The summed E-state index contributed by atoms with van der Waals surface area (Å²) in [6.07, 6.45) is 1.16. The molecule has 2 atom stereocenters. The van der Waals surface area contributed by atoms with Crippen LogP contribution in [0.25, 0.3) is 0 Å². The lowest BCUT2D eigenvalue weighted by molar-refractivity contribution is 0.162. The molecule has 0 fully saturated rings. The van der Waals surface area contributed by atoms with Gasteiger partial charge in [0, 0.05) is 18.6 Å². The molecule has 0 saturated carbocycles. The first-order chi connectivity index (χ1) is 10.0. The monoisotopic (exact) mass is 292 g/mol. The van der Waals surface area contributed by atoms with Crippen LogP contribution in [0.2, 0.25) is 0 Å². The van der Waals surface area contributed by atoms with Crippen molar-refractivity contribution in [2.45, 2.75) is 39.3 Å². The van der Waals surface area contributed by atoms with Gasteiger partial charge in [-0.15, -0.1) is 0 Å². The first-order valence-electron chi connectivity index (χ1n) is 7.84. The molecule has 0 amide bonds. The largest absolute Gasteiger partial charge is 0.486 e. The lowest BCUT2D eigenvalue weighted by Gasteiger charge is -2.34. The average Bonchev–Trinajstić information content (AvgIpc) is 2.47. The summed E-state index contributed by atoms with van der Waals surface area (Å²) >= 11 is 0. The third kappa shape index (κ3) is 3.89. The minimum absolute atomic E-state index is 0.203. The molecule has 4 heteroatoms. The Kier molecular flexibility index (Phi) is 5.48. The molecule has 1 heterocycles. The first-order valence-corrected chi connectivity index (χ1v) is 7.84. The van der Waals surface area contributed by atoms with Gasteiger partial charge < -0.3 is 15.2 Å². The molecule has 2 N–H and O–H groups in total. The van der Waals surface area contributed by atoms with Crippen molar-refractivity contribution in [3.63, 3.8) is 0 Å². The Morgan fingerprint density at radius 2 is 1.81 bits per heavy atom. The van der Waals surface area contributed by atoms with Crippen molar-refractivity contribution in [1.82, 2.24) is 4.90 Å². The van der Waals surface area contributed by atoms with Crippen LogP contribution in [-0.4, -0.2) is 37.7 Å². The predicted molar refractivity (Wildman–Crippen MR) is 85.9 cm³/mol. The van der Waals surface area contributed by atoms with Crippen molar-refractivity contribution in [3.05, 3.63) is 23.8 Å². The number of hydrogen-bond donors (Lipinski definition) is 1. The smallest absolute Gasteiger partial charge is 0.161 e. The zero-order valence-electron chi connectivity index (χ0n) is 13.6. The second-order valence-corrected chi connectivity index (χ2v) is 6.30. The second kappa shape index (κ2) is 7.14. The van der Waals surface area contributed by atoms with Crippen molar-refractivity contribution in [2.24, 2.45) is 11.7 Å². The van der Waals surface area contributed by atoms with E-state index in [2.05, 4.69) is 44.9 Å². The molecule has 21 heavy (non-hydrogen) atoms. The maximum atomic E-state index is 6.04. The van der Waals surface area contributed by atoms with Gasteiger partial charge in [0.2, 0.25) is 0 Å². The molecular formula is C17H28N2O2. The molecule has 0 saturated heterocycles. The molecule has 118 valence electrons. The average molecular weight is 292 g/mol. The fraction of sp³-hybridized carbons (Fsp3) is 0.647. The van der Waals surface area contributed by atoms with E-state index in [-0.39, 0.29) is 6.04 Å². The van der Waals surface area contributed by atoms with Crippen LogP contribution in [0.5, 0.6) is 11.5 Å². The van der Waals surface area contributed by atoms with Crippen molar-refractivity contribution < 1.29 is 9.47 Å². The Bertz CT molecular complexity index is 462. The quantitative estimate of drug-likeness (QED) is 0.876. The van der Waals surface area contributed by atoms with E-state index < -0.39 is 0 Å². The third-order valence-corrected chi connectivity index (χ3v) is 4.17. The SMILES string of the molecule is CC(C)CC(C)N(C)C(CN)c1ccc2c(c1)OCCO2. The number of fused-ring (bicyclic) bond motifs is 1. The number of nitrogens with two attached hydrogens (primary N) is 1. The molecule has 2 unspecified atom stereocenters. The number of benzene rings is 1. The van der Waals surface area contributed by atoms with Gasteiger partial charge in [-0.25, -0.2) is 0 Å². The van der Waals surface area contributed by atoms with E-state index in [0.29, 0.717) is 31.7 Å². The van der Waals surface area contributed by atoms with Crippen molar-refractivity contribution in [3.8, 4) is 11.5 Å². The lowest BCUT2D eigenvalue weighted by atomic mass is 9.99. The molecule has 0 bridgehead atoms. The van der Waals surface area contributed by atoms with Crippen molar-refractivity contribution in [1.29, 1.82) is 0 Å². The zero-order chi connectivity index (χ0) is 15.4. The summed E-state index contributed by atoms with van der Waals surface area (Å²) in [6.45, 7) is 8.61. The molecule has 0 radical (unpaired) electrons. The summed E-state index contributed by atoms with van der Waals surface area (Å²) in [5, 5.41) is 0. The Labute approximate surface area is 128 Å². The van der Waals surface area contributed by atoms with E-state index in [1.165, 1.54) is 5.56 Å². The van der Waals surface area contributed by atoms with Crippen LogP contribution in [0.1, 0.15) is 38.8 Å². The normalized spacial score (nSPS) is 17.1. The Balaban J connectivity index is 2.16. The molecule has 2 rings (SSSR count). The maximum absolute atomic E-state index is 6.04. The van der Waals surface area contributed by atoms with E-state index >= 15 is 0 Å². The molecule has 0 aliphatic carbocycles. The number of ether oxygens (including phenoxy) is 2. The van der Waals surface area contributed by atoms with Gasteiger partial charge in [-0.1, -0.05) is 19.9 Å². The summed E-state index contributed by atoms with van der Waals surface area (Å²) < 4.78 is 11.3. The number of hydrogen-bond acceptors (Lipinski definition) is 4. The minimum atomic E-state index is 0.203. The van der Waals surface area contributed by atoms with E-state index in [1.54, 1.807) is 0 Å². The third-order valence-electron chi connectivity index (χ3n) is 4.17. The molecule has 0 aromatic heterocycles. The number of rotatable bonds is 6. The summed E-state index contributed by atoms with van der Waals surface area (Å²) in [7, 11) is 2.15. The first kappa shape index (κ1) is 16.1. The fourth-order valence-electron chi connectivity index (χ4n) is 2.96. The summed E-state index contributed by atoms with van der Waals surface area (Å²) in [5.74, 6) is 2.35. The van der Waals surface area contributed by atoms with Gasteiger partial charge >= 0.3 is 0 Å². The van der Waals surface area contributed by atoms with E-state index in [9.17, 15) is 0 Å². The highest BCUT2D eigenvalue weighted by Crippen LogP contribution is 2.34. The summed E-state index contributed by atoms with van der Waals surface area (Å²) in [4.78, 5) is 2.37. The van der Waals surface area contributed by atoms with Gasteiger partial charge in [0.15, 0.2) is 11.5 Å².